The summed E-state index contributed by atoms with van der Waals surface area (Å²) in [7, 11) is 1.29. The number of likely N-dealkylation sites (tertiary alicyclic amines) is 1. The molecule has 57 heavy (non-hydrogen) atoms. The molecule has 0 spiro atoms. The Balaban J connectivity index is 0.925. The summed E-state index contributed by atoms with van der Waals surface area (Å²) in [6.45, 7) is 4.22. The van der Waals surface area contributed by atoms with Gasteiger partial charge in [0.25, 0.3) is 0 Å². The number of nitrogens with one attached hydrogen (secondary N) is 4. The standard InChI is InChI=1S/C44H50N8O5/c1-25(2)39(51-44(56)57-3)43(55)52-19-5-7-36(52)40-46-22-33(48-40)28-12-8-26(9-13-28)27-10-14-29(15-11-27)34-23-47-41(49-34)37-30-16-17-31(20-30)38(37)42(54)50-35(24-53)32-6-4-18-45-21-32/h4,6,8-15,18,21-23,25,30-31,35-39,53H,5,7,16-17,19-20,24H2,1-3H3,(H,46,48)(H,47,49)(H,50,54)(H,51,56)/t30-,31+,35+,36-,37+,38+,39-/m0/s1. The number of pyridine rings is 1. The van der Waals surface area contributed by atoms with E-state index in [1.165, 1.54) is 7.11 Å². The van der Waals surface area contributed by atoms with Crippen molar-refractivity contribution in [2.45, 2.75) is 70.0 Å². The van der Waals surface area contributed by atoms with E-state index >= 15 is 0 Å². The predicted molar refractivity (Wildman–Crippen MR) is 214 cm³/mol. The summed E-state index contributed by atoms with van der Waals surface area (Å²) in [5.74, 6) is 1.81. The SMILES string of the molecule is COC(=O)N[C@H](C(=O)N1CCC[C@H]1c1ncc(-c2ccc(-c3ccc(-c4cnc([C@@H]5[C@H]6CC[C@H](C6)[C@H]5C(=O)N[C@H](CO)c5cccnc5)[nH]4)cc3)cc2)[nH]1)C(C)C. The van der Waals surface area contributed by atoms with Crippen LogP contribution in [0.1, 0.15) is 81.2 Å². The Hall–Kier alpha value is -5.82. The Morgan fingerprint density at radius 1 is 0.842 bits per heavy atom. The molecular formula is C44H50N8O5. The van der Waals surface area contributed by atoms with Gasteiger partial charge in [0.1, 0.15) is 17.7 Å². The number of H-pyrrole nitrogens is 2. The minimum Gasteiger partial charge on any atom is -0.453 e. The van der Waals surface area contributed by atoms with Crippen molar-refractivity contribution >= 4 is 17.9 Å². The lowest BCUT2D eigenvalue weighted by atomic mass is 9.78. The molecule has 3 amide bonds. The van der Waals surface area contributed by atoms with E-state index in [2.05, 4.69) is 79.1 Å². The van der Waals surface area contributed by atoms with Crippen molar-refractivity contribution in [3.63, 3.8) is 0 Å². The average molecular weight is 771 g/mol. The summed E-state index contributed by atoms with van der Waals surface area (Å²) in [6, 6.07) is 19.0. The van der Waals surface area contributed by atoms with Gasteiger partial charge in [0.05, 0.1) is 55.5 Å². The van der Waals surface area contributed by atoms with E-state index in [-0.39, 0.29) is 42.2 Å². The van der Waals surface area contributed by atoms with Crippen LogP contribution in [0.2, 0.25) is 0 Å². The Kier molecular flexibility index (Phi) is 10.9. The number of nitrogens with zero attached hydrogens (tertiary/aromatic N) is 4. The molecule has 2 bridgehead atoms. The van der Waals surface area contributed by atoms with Crippen LogP contribution in [0, 0.1) is 23.7 Å². The zero-order chi connectivity index (χ0) is 39.6. The predicted octanol–water partition coefficient (Wildman–Crippen LogP) is 6.55. The number of carbonyl (C=O) groups excluding carboxylic acids is 3. The molecule has 0 radical (unpaired) electrons. The molecule has 0 unspecified atom stereocenters. The first-order valence-corrected chi connectivity index (χ1v) is 20.0. The quantitative estimate of drug-likeness (QED) is 0.0948. The van der Waals surface area contributed by atoms with Gasteiger partial charge in [-0.2, -0.15) is 0 Å². The first-order chi connectivity index (χ1) is 27.7. The van der Waals surface area contributed by atoms with Gasteiger partial charge in [-0.1, -0.05) is 68.4 Å². The molecule has 13 heteroatoms. The molecular weight excluding hydrogens is 721 g/mol. The van der Waals surface area contributed by atoms with Gasteiger partial charge in [0, 0.05) is 24.9 Å². The zero-order valence-corrected chi connectivity index (χ0v) is 32.5. The first kappa shape index (κ1) is 38.1. The van der Waals surface area contributed by atoms with Gasteiger partial charge in [0.15, 0.2) is 0 Å². The summed E-state index contributed by atoms with van der Waals surface area (Å²) in [6.07, 6.45) is 11.2. The molecule has 8 rings (SSSR count). The van der Waals surface area contributed by atoms with Crippen molar-refractivity contribution in [1.82, 2.24) is 40.5 Å². The molecule has 1 saturated heterocycles. The van der Waals surface area contributed by atoms with E-state index in [4.69, 9.17) is 9.72 Å². The van der Waals surface area contributed by atoms with Gasteiger partial charge in [-0.3, -0.25) is 14.6 Å². The van der Waals surface area contributed by atoms with Crippen molar-refractivity contribution in [2.24, 2.45) is 23.7 Å². The number of carbonyl (C=O) groups is 3. The summed E-state index contributed by atoms with van der Waals surface area (Å²) in [5.41, 5.74) is 6.71. The summed E-state index contributed by atoms with van der Waals surface area (Å²) >= 11 is 0. The van der Waals surface area contributed by atoms with Crippen LogP contribution in [-0.4, -0.2) is 79.1 Å². The third-order valence-corrected chi connectivity index (χ3v) is 12.3. The molecule has 3 fully saturated rings. The number of aliphatic hydroxyl groups excluding tert-OH is 1. The fraction of sp³-hybridized carbons (Fsp3) is 0.409. The van der Waals surface area contributed by atoms with Gasteiger partial charge in [-0.25, -0.2) is 14.8 Å². The molecule has 5 aromatic rings. The van der Waals surface area contributed by atoms with Crippen molar-refractivity contribution < 1.29 is 24.2 Å². The van der Waals surface area contributed by atoms with E-state index in [9.17, 15) is 19.5 Å². The maximum Gasteiger partial charge on any atom is 0.407 e. The summed E-state index contributed by atoms with van der Waals surface area (Å²) < 4.78 is 4.76. The highest BCUT2D eigenvalue weighted by atomic mass is 16.5. The van der Waals surface area contributed by atoms with Crippen LogP contribution in [-0.2, 0) is 14.3 Å². The van der Waals surface area contributed by atoms with Crippen LogP contribution in [0.25, 0.3) is 33.6 Å². The van der Waals surface area contributed by atoms with Gasteiger partial charge in [0.2, 0.25) is 11.8 Å². The largest absolute Gasteiger partial charge is 0.453 e. The van der Waals surface area contributed by atoms with Gasteiger partial charge < -0.3 is 35.3 Å². The summed E-state index contributed by atoms with van der Waals surface area (Å²) in [4.78, 5) is 61.8. The molecule has 3 aromatic heterocycles. The maximum absolute atomic E-state index is 13.8. The monoisotopic (exact) mass is 770 g/mol. The molecule has 2 saturated carbocycles. The van der Waals surface area contributed by atoms with Gasteiger partial charge in [-0.05, 0) is 83.7 Å². The van der Waals surface area contributed by atoms with Crippen LogP contribution in [0.4, 0.5) is 4.79 Å². The Morgan fingerprint density at radius 2 is 1.47 bits per heavy atom. The van der Waals surface area contributed by atoms with Crippen LogP contribution in [0.5, 0.6) is 0 Å². The fourth-order valence-corrected chi connectivity index (χ4v) is 9.33. The number of fused-ring (bicyclic) bond motifs is 2. The van der Waals surface area contributed by atoms with Gasteiger partial charge >= 0.3 is 6.09 Å². The highest BCUT2D eigenvalue weighted by Crippen LogP contribution is 2.56. The van der Waals surface area contributed by atoms with Crippen molar-refractivity contribution in [1.29, 1.82) is 0 Å². The molecule has 1 aliphatic heterocycles. The number of amides is 3. The van der Waals surface area contributed by atoms with Crippen LogP contribution in [0.15, 0.2) is 85.5 Å². The maximum atomic E-state index is 13.8. The van der Waals surface area contributed by atoms with Crippen molar-refractivity contribution in [2.75, 3.05) is 20.3 Å². The Bertz CT molecular complexity index is 2180. The number of aromatic amines is 2. The highest BCUT2D eigenvalue weighted by Gasteiger charge is 2.52. The molecule has 4 heterocycles. The second kappa shape index (κ2) is 16.3. The van der Waals surface area contributed by atoms with E-state index in [0.717, 1.165) is 83.0 Å². The molecule has 296 valence electrons. The minimum absolute atomic E-state index is 0.00152. The number of methoxy groups -OCH3 is 1. The summed E-state index contributed by atoms with van der Waals surface area (Å²) in [5, 5.41) is 15.9. The molecule has 2 aliphatic carbocycles. The number of rotatable bonds is 12. The number of imidazole rings is 2. The van der Waals surface area contributed by atoms with Crippen LogP contribution in [0.3, 0.4) is 0 Å². The number of aliphatic hydroxyl groups is 1. The highest BCUT2D eigenvalue weighted by molar-refractivity contribution is 5.86. The van der Waals surface area contributed by atoms with E-state index in [1.807, 2.05) is 43.3 Å². The third kappa shape index (κ3) is 7.68. The zero-order valence-electron chi connectivity index (χ0n) is 32.5. The average Bonchev–Trinajstić information content (AvgIpc) is 4.10. The van der Waals surface area contributed by atoms with Crippen molar-refractivity contribution in [3.05, 3.63) is 103 Å². The number of alkyl carbamates (subject to hydrolysis) is 1. The molecule has 5 N–H and O–H groups in total. The molecule has 13 nitrogen and oxygen atoms in total. The van der Waals surface area contributed by atoms with Crippen LogP contribution >= 0.6 is 0 Å². The fourth-order valence-electron chi connectivity index (χ4n) is 9.33. The molecule has 2 aromatic carbocycles. The number of benzene rings is 2. The smallest absolute Gasteiger partial charge is 0.407 e. The topological polar surface area (TPSA) is 178 Å². The molecule has 3 aliphatic rings. The lowest BCUT2D eigenvalue weighted by Gasteiger charge is -2.30. The normalized spacial score (nSPS) is 22.4. The van der Waals surface area contributed by atoms with Crippen molar-refractivity contribution in [3.8, 4) is 33.6 Å². The number of hydrogen-bond donors (Lipinski definition) is 5. The van der Waals surface area contributed by atoms with E-state index in [1.54, 1.807) is 12.4 Å². The third-order valence-electron chi connectivity index (χ3n) is 12.3. The Morgan fingerprint density at radius 3 is 2.09 bits per heavy atom. The molecule has 7 atom stereocenters. The number of aromatic nitrogens is 5. The van der Waals surface area contributed by atoms with Gasteiger partial charge in [-0.15, -0.1) is 0 Å². The van der Waals surface area contributed by atoms with Crippen LogP contribution < -0.4 is 10.6 Å². The van der Waals surface area contributed by atoms with E-state index in [0.29, 0.717) is 18.4 Å². The lowest BCUT2D eigenvalue weighted by molar-refractivity contribution is -0.135. The Labute approximate surface area is 332 Å². The number of hydrogen-bond acceptors (Lipinski definition) is 8. The first-order valence-electron chi connectivity index (χ1n) is 20.0. The minimum atomic E-state index is -0.684. The van der Waals surface area contributed by atoms with E-state index < -0.39 is 18.2 Å². The second-order valence-corrected chi connectivity index (χ2v) is 16.0. The lowest BCUT2D eigenvalue weighted by Crippen LogP contribution is -2.51. The number of ether oxygens (including phenoxy) is 1. The second-order valence-electron chi connectivity index (χ2n) is 16.0.